The Hall–Kier alpha value is -7.10. The Bertz CT molecular complexity index is 4100. The number of carboxylic acids is 1. The van der Waals surface area contributed by atoms with Crippen molar-refractivity contribution in [2.75, 3.05) is 16.8 Å². The van der Waals surface area contributed by atoms with Crippen LogP contribution in [0.25, 0.3) is 22.0 Å². The number of phosphoric ester groups is 1. The molecule has 3 aromatic carbocycles. The standard InChI is InChI=1S/C52H47ClF10N7O12PS2/c1-48(2,42-26(19-39(73)74)8-7-9-36(42)82-83(75,76)77)22-38(72)70(85(6,80)81)47-41-34(53)13-12-31(44(41)69(67-47)24-50(56,57)58)30-11-10-29(14-15-49(3,4)84(5,78)79)64-43(30)35(18-25-16-27(54)20-28(55)17-25)65-37(71)23-68-46-40(45(66-68)52(61,62)63)32-21-33(32)51(46,59)60/h7-13,16-17,20,32-33,35H,18-19,21-24H2,1-6H3,(H,65,71)(H,73,74)(H2,75,76,77)/t32-,33?,35-/m0/s1. The van der Waals surface area contributed by atoms with E-state index in [0.29, 0.717) is 12.3 Å². The van der Waals surface area contributed by atoms with E-state index >= 15 is 8.78 Å². The summed E-state index contributed by atoms with van der Waals surface area (Å²) in [4.78, 5) is 65.1. The van der Waals surface area contributed by atoms with Crippen LogP contribution >= 0.6 is 19.4 Å². The molecule has 3 heterocycles. The summed E-state index contributed by atoms with van der Waals surface area (Å²) in [6, 6.07) is 7.70. The summed E-state index contributed by atoms with van der Waals surface area (Å²) in [6.07, 6.45) is -12.2. The number of hydrogen-bond donors (Lipinski definition) is 4. The minimum Gasteiger partial charge on any atom is -0.481 e. The van der Waals surface area contributed by atoms with E-state index < -0.39 is 197 Å². The van der Waals surface area contributed by atoms with Crippen molar-refractivity contribution < 1.29 is 99.1 Å². The number of rotatable bonds is 18. The number of nitrogens with one attached hydrogen (secondary N) is 1. The fourth-order valence-electron chi connectivity index (χ4n) is 10.3. The van der Waals surface area contributed by atoms with E-state index in [0.717, 1.165) is 48.7 Å². The van der Waals surface area contributed by atoms with Crippen LogP contribution < -0.4 is 14.1 Å². The van der Waals surface area contributed by atoms with Crippen LogP contribution in [0.5, 0.6) is 5.75 Å². The number of benzene rings is 3. The minimum atomic E-state index is -5.43. The van der Waals surface area contributed by atoms with E-state index in [2.05, 4.69) is 32.3 Å². The fourth-order valence-corrected chi connectivity index (χ4v) is 12.0. The second kappa shape index (κ2) is 22.0. The van der Waals surface area contributed by atoms with Crippen molar-refractivity contribution in [2.24, 2.45) is 5.92 Å². The largest absolute Gasteiger partial charge is 0.524 e. The van der Waals surface area contributed by atoms with Gasteiger partial charge in [-0.05, 0) is 86.1 Å². The number of phosphoric acid groups is 1. The molecule has 1 saturated carbocycles. The number of carbonyl (C=O) groups excluding carboxylic acids is 2. The molecule has 1 fully saturated rings. The van der Waals surface area contributed by atoms with Gasteiger partial charge in [-0.1, -0.05) is 49.6 Å². The lowest BCUT2D eigenvalue weighted by molar-refractivity contribution is -0.143. The van der Waals surface area contributed by atoms with Gasteiger partial charge >= 0.3 is 26.1 Å². The van der Waals surface area contributed by atoms with Gasteiger partial charge in [0.1, 0.15) is 46.6 Å². The van der Waals surface area contributed by atoms with Gasteiger partial charge in [0.25, 0.3) is 5.92 Å². The van der Waals surface area contributed by atoms with Gasteiger partial charge < -0.3 is 14.9 Å². The number of hydrogen-bond acceptors (Lipinski definition) is 12. The monoisotopic (exact) mass is 1280 g/mol. The van der Waals surface area contributed by atoms with Crippen LogP contribution in [0, 0.1) is 29.4 Å². The Morgan fingerprint density at radius 1 is 0.929 bits per heavy atom. The zero-order valence-corrected chi connectivity index (χ0v) is 48.2. The number of aromatic nitrogens is 5. The van der Waals surface area contributed by atoms with Crippen molar-refractivity contribution in [3.63, 3.8) is 0 Å². The summed E-state index contributed by atoms with van der Waals surface area (Å²) in [7, 11) is -14.5. The highest BCUT2D eigenvalue weighted by atomic mass is 35.5. The molecule has 2 amide bonds. The van der Waals surface area contributed by atoms with Crippen LogP contribution in [-0.4, -0.2) is 97.5 Å². The molecule has 8 rings (SSSR count). The molecule has 85 heavy (non-hydrogen) atoms. The molecule has 1 unspecified atom stereocenters. The normalized spacial score (nSPS) is 16.5. The lowest BCUT2D eigenvalue weighted by atomic mass is 9.77. The highest BCUT2D eigenvalue weighted by Gasteiger charge is 2.68. The lowest BCUT2D eigenvalue weighted by Gasteiger charge is -2.31. The molecule has 3 aromatic heterocycles. The molecular weight excluding hydrogens is 1240 g/mol. The maximum Gasteiger partial charge on any atom is 0.524 e. The number of anilines is 1. The number of sulfone groups is 1. The summed E-state index contributed by atoms with van der Waals surface area (Å²) in [5.74, 6) is -10.1. The summed E-state index contributed by atoms with van der Waals surface area (Å²) in [5.41, 5.74) is -8.91. The average molecular weight is 1280 g/mol. The van der Waals surface area contributed by atoms with Crippen molar-refractivity contribution in [3.05, 3.63) is 122 Å². The average Bonchev–Trinajstić information content (AvgIpc) is 1.53. The van der Waals surface area contributed by atoms with Gasteiger partial charge in [0.05, 0.1) is 40.3 Å². The molecule has 0 spiro atoms. The third-order valence-corrected chi connectivity index (χ3v) is 17.7. The summed E-state index contributed by atoms with van der Waals surface area (Å²) in [5, 5.41) is 18.2. The number of carbonyl (C=O) groups is 3. The molecule has 0 saturated heterocycles. The van der Waals surface area contributed by atoms with Crippen molar-refractivity contribution in [1.29, 1.82) is 0 Å². The maximum absolute atomic E-state index is 15.7. The van der Waals surface area contributed by atoms with E-state index in [1.165, 1.54) is 39.8 Å². The molecular formula is C52H47ClF10N7O12PS2. The van der Waals surface area contributed by atoms with E-state index in [1.54, 1.807) is 0 Å². The van der Waals surface area contributed by atoms with Crippen molar-refractivity contribution in [3.8, 4) is 28.7 Å². The van der Waals surface area contributed by atoms with Crippen molar-refractivity contribution in [1.82, 2.24) is 29.9 Å². The topological polar surface area (TPSA) is 270 Å². The number of carboxylic acid groups (broad SMARTS) is 1. The third kappa shape index (κ3) is 13.5. The van der Waals surface area contributed by atoms with Gasteiger partial charge in [0, 0.05) is 52.3 Å². The molecule has 4 N–H and O–H groups in total. The summed E-state index contributed by atoms with van der Waals surface area (Å²) < 4.78 is 218. The van der Waals surface area contributed by atoms with Crippen LogP contribution in [-0.2, 0) is 82.3 Å². The zero-order chi connectivity index (χ0) is 63.3. The number of fused-ring (bicyclic) bond motifs is 4. The van der Waals surface area contributed by atoms with Gasteiger partial charge in [0.2, 0.25) is 21.8 Å². The van der Waals surface area contributed by atoms with Gasteiger partial charge in [-0.25, -0.2) is 35.2 Å². The summed E-state index contributed by atoms with van der Waals surface area (Å²) in [6.45, 7) is 1.39. The molecule has 19 nitrogen and oxygen atoms in total. The van der Waals surface area contributed by atoms with Crippen LogP contribution in [0.3, 0.4) is 0 Å². The van der Waals surface area contributed by atoms with Gasteiger partial charge in [-0.2, -0.15) is 49.6 Å². The van der Waals surface area contributed by atoms with Gasteiger partial charge in [-0.15, -0.1) is 0 Å². The third-order valence-electron chi connectivity index (χ3n) is 14.0. The molecule has 2 aliphatic carbocycles. The predicted molar refractivity (Wildman–Crippen MR) is 283 cm³/mol. The van der Waals surface area contributed by atoms with E-state index in [9.17, 15) is 85.8 Å². The predicted octanol–water partition coefficient (Wildman–Crippen LogP) is 9.05. The number of pyridine rings is 1. The smallest absolute Gasteiger partial charge is 0.481 e. The van der Waals surface area contributed by atoms with E-state index in [4.69, 9.17) is 16.1 Å². The second-order valence-corrected chi connectivity index (χ2v) is 27.4. The minimum absolute atomic E-state index is 0.0327. The molecule has 6 aromatic rings. The number of halogens is 11. The van der Waals surface area contributed by atoms with E-state index in [1.807, 2.05) is 0 Å². The Kier molecular flexibility index (Phi) is 16.5. The second-order valence-electron chi connectivity index (χ2n) is 21.4. The van der Waals surface area contributed by atoms with Crippen LogP contribution in [0.2, 0.25) is 5.02 Å². The van der Waals surface area contributed by atoms with Gasteiger partial charge in [0.15, 0.2) is 21.3 Å². The molecule has 0 bridgehead atoms. The van der Waals surface area contributed by atoms with Crippen LogP contribution in [0.15, 0.2) is 60.7 Å². The SMILES string of the molecule is CC(C)(CC(=O)N(c1nn(CC(F)(F)F)c2c(-c3ccc(C#CC(C)(C)S(C)(=O)=O)nc3[C@H](Cc3cc(F)cc(F)c3)NC(=O)Cn3nc(C(F)(F)F)c4c3C(F)(F)C3C[C@H]43)ccc(Cl)c12)S(C)(=O)=O)c1c(CC(=O)O)cccc1OP(=O)(O)O. The fraction of sp³-hybridized carbons (Fsp3) is 0.385. The number of nitrogens with zero attached hydrogens (tertiary/aromatic N) is 6. The summed E-state index contributed by atoms with van der Waals surface area (Å²) >= 11 is 6.76. The number of aliphatic carboxylic acids is 1. The molecule has 0 radical (unpaired) electrons. The number of sulfonamides is 1. The quantitative estimate of drug-likeness (QED) is 0.0355. The first-order chi connectivity index (χ1) is 38.9. The maximum atomic E-state index is 15.7. The van der Waals surface area contributed by atoms with Crippen LogP contribution in [0.4, 0.5) is 49.7 Å². The molecule has 3 atom stereocenters. The van der Waals surface area contributed by atoms with Crippen molar-refractivity contribution in [2.45, 2.75) is 107 Å². The first kappa shape index (κ1) is 63.9. The highest BCUT2D eigenvalue weighted by molar-refractivity contribution is 7.93. The van der Waals surface area contributed by atoms with Crippen molar-refractivity contribution >= 4 is 73.8 Å². The highest BCUT2D eigenvalue weighted by Crippen LogP contribution is 2.68. The van der Waals surface area contributed by atoms with E-state index in [-0.39, 0.29) is 42.5 Å². The first-order valence-electron chi connectivity index (χ1n) is 24.8. The van der Waals surface area contributed by atoms with Gasteiger partial charge in [-0.3, -0.25) is 33.5 Å². The molecule has 33 heteroatoms. The van der Waals surface area contributed by atoms with Crippen LogP contribution in [0.1, 0.15) is 97.5 Å². The molecule has 456 valence electrons. The Morgan fingerprint density at radius 3 is 2.14 bits per heavy atom. The molecule has 0 aliphatic heterocycles. The first-order valence-corrected chi connectivity index (χ1v) is 30.5. The number of amides is 2. The molecule has 2 aliphatic rings. The lowest BCUT2D eigenvalue weighted by Crippen LogP contribution is -2.40. The zero-order valence-electron chi connectivity index (χ0n) is 44.9. The Morgan fingerprint density at radius 2 is 1.56 bits per heavy atom. The number of alkyl halides is 8. The Balaban J connectivity index is 1.36. The Labute approximate surface area is 481 Å².